The maximum absolute atomic E-state index is 12.7. The molecule has 162 valence electrons. The lowest BCUT2D eigenvalue weighted by Crippen LogP contribution is -2.48. The minimum absolute atomic E-state index is 0.0587. The molecule has 0 unspecified atom stereocenters. The average molecular weight is 412 g/mol. The minimum Gasteiger partial charge on any atom is -0.393 e. The number of aliphatic hydroxyl groups is 1. The summed E-state index contributed by atoms with van der Waals surface area (Å²) in [5.41, 5.74) is 1.34. The maximum Gasteiger partial charge on any atom is 0.254 e. The standard InChI is InChI=1S/C24H33N3O3/c1-23(2)13-20(28)19-9-11-24(12-10-21(19)30-23,18-7-5-4-6-8-18)16-25-22(29)17-14-26-27(3)15-17/h4-8,14-15,19-21,28H,9-13,16H2,1-3H3,(H,25,29)/t19-,20+,21+,24+/m1/s1. The monoisotopic (exact) mass is 411 g/mol. The molecule has 2 N–H and O–H groups in total. The van der Waals surface area contributed by atoms with Crippen LogP contribution in [0.2, 0.25) is 0 Å². The number of hydrogen-bond acceptors (Lipinski definition) is 4. The van der Waals surface area contributed by atoms with Crippen LogP contribution in [-0.2, 0) is 17.2 Å². The van der Waals surface area contributed by atoms with Crippen molar-refractivity contribution in [3.8, 4) is 0 Å². The molecule has 4 rings (SSSR count). The van der Waals surface area contributed by atoms with Crippen molar-refractivity contribution >= 4 is 5.91 Å². The molecule has 2 heterocycles. The van der Waals surface area contributed by atoms with E-state index < -0.39 is 0 Å². The number of rotatable bonds is 4. The average Bonchev–Trinajstić information content (AvgIpc) is 3.05. The van der Waals surface area contributed by atoms with E-state index in [-0.39, 0.29) is 35.0 Å². The zero-order chi connectivity index (χ0) is 21.4. The first-order valence-corrected chi connectivity index (χ1v) is 11.0. The zero-order valence-electron chi connectivity index (χ0n) is 18.2. The number of hydrogen-bond donors (Lipinski definition) is 2. The maximum atomic E-state index is 12.7. The number of benzene rings is 1. The molecule has 1 amide bonds. The van der Waals surface area contributed by atoms with Gasteiger partial charge in [-0.25, -0.2) is 0 Å². The fraction of sp³-hybridized carbons (Fsp3) is 0.583. The Kier molecular flexibility index (Phi) is 5.73. The molecule has 0 spiro atoms. The summed E-state index contributed by atoms with van der Waals surface area (Å²) >= 11 is 0. The summed E-state index contributed by atoms with van der Waals surface area (Å²) in [5, 5.41) is 18.1. The third-order valence-electron chi connectivity index (χ3n) is 6.95. The van der Waals surface area contributed by atoms with E-state index in [1.807, 2.05) is 13.1 Å². The number of nitrogens with zero attached hydrogens (tertiary/aromatic N) is 2. The molecule has 2 aromatic rings. The fourth-order valence-corrected chi connectivity index (χ4v) is 5.34. The second-order valence-corrected chi connectivity index (χ2v) is 9.66. The van der Waals surface area contributed by atoms with E-state index in [0.717, 1.165) is 25.7 Å². The normalized spacial score (nSPS) is 30.9. The van der Waals surface area contributed by atoms with Gasteiger partial charge < -0.3 is 15.2 Å². The van der Waals surface area contributed by atoms with Crippen molar-refractivity contribution < 1.29 is 14.6 Å². The summed E-state index contributed by atoms with van der Waals surface area (Å²) < 4.78 is 8.03. The summed E-state index contributed by atoms with van der Waals surface area (Å²) in [6.07, 6.45) is 7.31. The van der Waals surface area contributed by atoms with E-state index in [9.17, 15) is 9.90 Å². The van der Waals surface area contributed by atoms with E-state index in [1.54, 1.807) is 17.1 Å². The number of fused-ring (bicyclic) bond motifs is 1. The summed E-state index contributed by atoms with van der Waals surface area (Å²) in [6.45, 7) is 4.69. The van der Waals surface area contributed by atoms with Crippen molar-refractivity contribution in [2.24, 2.45) is 13.0 Å². The molecule has 2 aliphatic rings. The van der Waals surface area contributed by atoms with Gasteiger partial charge in [0, 0.05) is 37.5 Å². The highest BCUT2D eigenvalue weighted by Gasteiger charge is 2.46. The highest BCUT2D eigenvalue weighted by atomic mass is 16.5. The van der Waals surface area contributed by atoms with Crippen molar-refractivity contribution in [2.45, 2.75) is 69.2 Å². The van der Waals surface area contributed by atoms with Gasteiger partial charge in [0.2, 0.25) is 0 Å². The third kappa shape index (κ3) is 4.30. The van der Waals surface area contributed by atoms with Gasteiger partial charge in [-0.2, -0.15) is 5.10 Å². The first kappa shape index (κ1) is 21.1. The fourth-order valence-electron chi connectivity index (χ4n) is 5.34. The van der Waals surface area contributed by atoms with Crippen LogP contribution < -0.4 is 5.32 Å². The quantitative estimate of drug-likeness (QED) is 0.810. The molecular weight excluding hydrogens is 378 g/mol. The lowest BCUT2D eigenvalue weighted by atomic mass is 9.73. The molecule has 1 saturated carbocycles. The lowest BCUT2D eigenvalue weighted by molar-refractivity contribution is -0.178. The first-order chi connectivity index (χ1) is 14.3. The van der Waals surface area contributed by atoms with Crippen LogP contribution in [0.25, 0.3) is 0 Å². The van der Waals surface area contributed by atoms with Crippen molar-refractivity contribution in [3.63, 3.8) is 0 Å². The molecule has 1 saturated heterocycles. The molecule has 4 atom stereocenters. The first-order valence-electron chi connectivity index (χ1n) is 11.0. The van der Waals surface area contributed by atoms with Gasteiger partial charge >= 0.3 is 0 Å². The van der Waals surface area contributed by atoms with Gasteiger partial charge in [0.15, 0.2) is 0 Å². The molecule has 0 bridgehead atoms. The molecule has 6 nitrogen and oxygen atoms in total. The van der Waals surface area contributed by atoms with Gasteiger partial charge in [-0.1, -0.05) is 30.3 Å². The van der Waals surface area contributed by atoms with Crippen LogP contribution in [0.4, 0.5) is 0 Å². The van der Waals surface area contributed by atoms with Crippen LogP contribution in [0.1, 0.15) is 61.9 Å². The Bertz CT molecular complexity index is 879. The van der Waals surface area contributed by atoms with Gasteiger partial charge in [0.25, 0.3) is 5.91 Å². The minimum atomic E-state index is -0.338. The Morgan fingerprint density at radius 3 is 2.70 bits per heavy atom. The number of carbonyl (C=O) groups excluding carboxylic acids is 1. The molecule has 2 fully saturated rings. The summed E-state index contributed by atoms with van der Waals surface area (Å²) in [5.74, 6) is 0.0510. The van der Waals surface area contributed by atoms with Gasteiger partial charge in [-0.15, -0.1) is 0 Å². The van der Waals surface area contributed by atoms with Crippen LogP contribution in [0.15, 0.2) is 42.7 Å². The topological polar surface area (TPSA) is 76.4 Å². The predicted octanol–water partition coefficient (Wildman–Crippen LogP) is 3.21. The second kappa shape index (κ2) is 8.16. The molecule has 0 radical (unpaired) electrons. The van der Waals surface area contributed by atoms with Crippen LogP contribution in [0, 0.1) is 5.92 Å². The van der Waals surface area contributed by atoms with E-state index >= 15 is 0 Å². The van der Waals surface area contributed by atoms with Crippen molar-refractivity contribution in [1.29, 1.82) is 0 Å². The van der Waals surface area contributed by atoms with E-state index in [4.69, 9.17) is 4.74 Å². The number of nitrogens with one attached hydrogen (secondary N) is 1. The highest BCUT2D eigenvalue weighted by Crippen LogP contribution is 2.45. The Morgan fingerprint density at radius 1 is 1.27 bits per heavy atom. The SMILES string of the molecule is Cn1cc(C(=O)NC[C@]2(c3ccccc3)CC[C@H]3[C@H](CC2)OC(C)(C)C[C@@H]3O)cn1. The molecule has 1 aliphatic heterocycles. The van der Waals surface area contributed by atoms with Gasteiger partial charge in [0.1, 0.15) is 0 Å². The molecular formula is C24H33N3O3. The van der Waals surface area contributed by atoms with Gasteiger partial charge in [0.05, 0.1) is 29.6 Å². The van der Waals surface area contributed by atoms with Crippen LogP contribution in [0.3, 0.4) is 0 Å². The molecule has 1 aliphatic carbocycles. The summed E-state index contributed by atoms with van der Waals surface area (Å²) in [7, 11) is 1.81. The predicted molar refractivity (Wildman–Crippen MR) is 115 cm³/mol. The Labute approximate surface area is 178 Å². The molecule has 6 heteroatoms. The number of amides is 1. The second-order valence-electron chi connectivity index (χ2n) is 9.66. The Morgan fingerprint density at radius 2 is 2.00 bits per heavy atom. The van der Waals surface area contributed by atoms with Crippen molar-refractivity contribution in [1.82, 2.24) is 15.1 Å². The number of ether oxygens (including phenoxy) is 1. The molecule has 1 aromatic carbocycles. The van der Waals surface area contributed by atoms with E-state index in [2.05, 4.69) is 48.5 Å². The molecule has 1 aromatic heterocycles. The van der Waals surface area contributed by atoms with Gasteiger partial charge in [-0.3, -0.25) is 9.48 Å². The number of aromatic nitrogens is 2. The lowest BCUT2D eigenvalue weighted by Gasteiger charge is -2.43. The number of carbonyl (C=O) groups is 1. The van der Waals surface area contributed by atoms with Crippen molar-refractivity contribution in [2.75, 3.05) is 6.54 Å². The largest absolute Gasteiger partial charge is 0.393 e. The third-order valence-corrected chi connectivity index (χ3v) is 6.95. The Hall–Kier alpha value is -2.18. The van der Waals surface area contributed by atoms with Crippen LogP contribution >= 0.6 is 0 Å². The molecule has 30 heavy (non-hydrogen) atoms. The van der Waals surface area contributed by atoms with Crippen molar-refractivity contribution in [3.05, 3.63) is 53.9 Å². The van der Waals surface area contributed by atoms with Gasteiger partial charge in [-0.05, 0) is 45.1 Å². The van der Waals surface area contributed by atoms with Crippen LogP contribution in [-0.4, -0.2) is 45.1 Å². The summed E-state index contributed by atoms with van der Waals surface area (Å²) in [4.78, 5) is 12.7. The number of aryl methyl sites for hydroxylation is 1. The highest BCUT2D eigenvalue weighted by molar-refractivity contribution is 5.93. The zero-order valence-corrected chi connectivity index (χ0v) is 18.2. The smallest absolute Gasteiger partial charge is 0.254 e. The Balaban J connectivity index is 1.57. The van der Waals surface area contributed by atoms with Crippen LogP contribution in [0.5, 0.6) is 0 Å². The number of aliphatic hydroxyl groups excluding tert-OH is 1. The van der Waals surface area contributed by atoms with E-state index in [1.165, 1.54) is 5.56 Å². The summed E-state index contributed by atoms with van der Waals surface area (Å²) in [6, 6.07) is 10.5. The van der Waals surface area contributed by atoms with E-state index in [0.29, 0.717) is 18.5 Å².